The smallest absolute Gasteiger partial charge is 0.315 e. The van der Waals surface area contributed by atoms with Crippen molar-refractivity contribution in [3.05, 3.63) is 72.3 Å². The number of aromatic nitrogens is 2. The first-order valence-electron chi connectivity index (χ1n) is 9.39. The van der Waals surface area contributed by atoms with E-state index in [9.17, 15) is 4.79 Å². The van der Waals surface area contributed by atoms with Crippen molar-refractivity contribution in [3.63, 3.8) is 0 Å². The van der Waals surface area contributed by atoms with Crippen LogP contribution in [0.3, 0.4) is 0 Å². The van der Waals surface area contributed by atoms with Crippen LogP contribution in [0.1, 0.15) is 37.1 Å². The number of amides is 2. The van der Waals surface area contributed by atoms with E-state index >= 15 is 0 Å². The highest BCUT2D eigenvalue weighted by molar-refractivity contribution is 5.75. The van der Waals surface area contributed by atoms with Gasteiger partial charge in [-0.3, -0.25) is 0 Å². The van der Waals surface area contributed by atoms with E-state index in [2.05, 4.69) is 15.6 Å². The summed E-state index contributed by atoms with van der Waals surface area (Å²) in [5.41, 5.74) is 2.87. The van der Waals surface area contributed by atoms with Crippen LogP contribution < -0.4 is 20.1 Å². The van der Waals surface area contributed by atoms with Crippen LogP contribution >= 0.6 is 0 Å². The lowest BCUT2D eigenvalue weighted by Crippen LogP contribution is -2.38. The molecule has 0 saturated heterocycles. The lowest BCUT2D eigenvalue weighted by Gasteiger charge is -2.21. The maximum absolute atomic E-state index is 12.5. The second kappa shape index (κ2) is 9.14. The average Bonchev–Trinajstić information content (AvgIpc) is 3.28. The van der Waals surface area contributed by atoms with Gasteiger partial charge in [0.25, 0.3) is 0 Å². The summed E-state index contributed by atoms with van der Waals surface area (Å²) in [7, 11) is 3.21. The van der Waals surface area contributed by atoms with Crippen LogP contribution in [-0.4, -0.2) is 29.8 Å². The Morgan fingerprint density at radius 1 is 1.00 bits per heavy atom. The van der Waals surface area contributed by atoms with E-state index in [0.717, 1.165) is 16.8 Å². The van der Waals surface area contributed by atoms with Crippen LogP contribution in [0, 0.1) is 0 Å². The zero-order valence-corrected chi connectivity index (χ0v) is 17.0. The average molecular weight is 394 g/mol. The Labute approximate surface area is 170 Å². The van der Waals surface area contributed by atoms with Crippen molar-refractivity contribution in [1.29, 1.82) is 0 Å². The fourth-order valence-electron chi connectivity index (χ4n) is 3.12. The van der Waals surface area contributed by atoms with Crippen LogP contribution in [-0.2, 0) is 0 Å². The molecule has 29 heavy (non-hydrogen) atoms. The summed E-state index contributed by atoms with van der Waals surface area (Å²) >= 11 is 0. The fourth-order valence-corrected chi connectivity index (χ4v) is 3.12. The lowest BCUT2D eigenvalue weighted by molar-refractivity contribution is 0.234. The molecule has 0 aliphatic heterocycles. The van der Waals surface area contributed by atoms with E-state index in [4.69, 9.17) is 9.47 Å². The highest BCUT2D eigenvalue weighted by Crippen LogP contribution is 2.29. The first-order chi connectivity index (χ1) is 14.0. The van der Waals surface area contributed by atoms with Gasteiger partial charge in [0.1, 0.15) is 11.5 Å². The molecule has 3 aromatic rings. The van der Waals surface area contributed by atoms with Gasteiger partial charge in [-0.05, 0) is 49.7 Å². The third kappa shape index (κ3) is 4.87. The molecule has 0 aliphatic rings. The summed E-state index contributed by atoms with van der Waals surface area (Å²) in [5.74, 6) is 1.41. The first-order valence-corrected chi connectivity index (χ1v) is 9.39. The number of hydrogen-bond donors (Lipinski definition) is 2. The Kier molecular flexibility index (Phi) is 6.39. The molecule has 152 valence electrons. The maximum atomic E-state index is 12.5. The Bertz CT molecular complexity index is 939. The minimum absolute atomic E-state index is 0.147. The standard InChI is InChI=1S/C22H26N4O3/c1-15(17-5-7-18(8-6-17)26-12-11-23-14-26)24-22(27)25-16(2)20-13-19(28-3)9-10-21(20)29-4/h5-16H,1-4H3,(H2,24,25,27)/t15-,16+/m0/s1. The largest absolute Gasteiger partial charge is 0.497 e. The first kappa shape index (κ1) is 20.3. The van der Waals surface area contributed by atoms with E-state index in [0.29, 0.717) is 11.5 Å². The van der Waals surface area contributed by atoms with Crippen molar-refractivity contribution in [2.45, 2.75) is 25.9 Å². The molecule has 0 bridgehead atoms. The molecular weight excluding hydrogens is 368 g/mol. The van der Waals surface area contributed by atoms with Gasteiger partial charge >= 0.3 is 6.03 Å². The van der Waals surface area contributed by atoms with Gasteiger partial charge in [0.2, 0.25) is 0 Å². The molecule has 0 fully saturated rings. The molecule has 2 N–H and O–H groups in total. The van der Waals surface area contributed by atoms with E-state index < -0.39 is 0 Å². The van der Waals surface area contributed by atoms with Crippen molar-refractivity contribution < 1.29 is 14.3 Å². The number of benzene rings is 2. The predicted octanol–water partition coefficient (Wildman–Crippen LogP) is 4.01. The Morgan fingerprint density at radius 3 is 2.34 bits per heavy atom. The van der Waals surface area contributed by atoms with Crippen LogP contribution in [0.5, 0.6) is 11.5 Å². The van der Waals surface area contributed by atoms with Crippen LogP contribution in [0.15, 0.2) is 61.2 Å². The zero-order valence-electron chi connectivity index (χ0n) is 17.0. The highest BCUT2D eigenvalue weighted by atomic mass is 16.5. The van der Waals surface area contributed by atoms with Crippen LogP contribution in [0.25, 0.3) is 5.69 Å². The fraction of sp³-hybridized carbons (Fsp3) is 0.273. The summed E-state index contributed by atoms with van der Waals surface area (Å²) in [4.78, 5) is 16.6. The molecule has 7 nitrogen and oxygen atoms in total. The van der Waals surface area contributed by atoms with E-state index in [1.165, 1.54) is 0 Å². The van der Waals surface area contributed by atoms with Crippen LogP contribution in [0.4, 0.5) is 4.79 Å². The summed E-state index contributed by atoms with van der Waals surface area (Å²) in [6.07, 6.45) is 5.37. The van der Waals surface area contributed by atoms with Crippen molar-refractivity contribution in [1.82, 2.24) is 20.2 Å². The summed E-state index contributed by atoms with van der Waals surface area (Å²) in [6, 6.07) is 12.8. The number of imidazole rings is 1. The van der Waals surface area contributed by atoms with Gasteiger partial charge in [-0.1, -0.05) is 12.1 Å². The predicted molar refractivity (Wildman–Crippen MR) is 112 cm³/mol. The monoisotopic (exact) mass is 394 g/mol. The van der Waals surface area contributed by atoms with Crippen molar-refractivity contribution in [3.8, 4) is 17.2 Å². The quantitative estimate of drug-likeness (QED) is 0.635. The molecule has 0 radical (unpaired) electrons. The number of ether oxygens (including phenoxy) is 2. The molecule has 2 atom stereocenters. The number of nitrogens with zero attached hydrogens (tertiary/aromatic N) is 2. The summed E-state index contributed by atoms with van der Waals surface area (Å²) in [6.45, 7) is 3.85. The Morgan fingerprint density at radius 2 is 1.72 bits per heavy atom. The molecule has 7 heteroatoms. The number of hydrogen-bond acceptors (Lipinski definition) is 4. The molecule has 0 saturated carbocycles. The van der Waals surface area contributed by atoms with E-state index in [1.807, 2.05) is 67.1 Å². The van der Waals surface area contributed by atoms with Gasteiger partial charge in [0, 0.05) is 23.6 Å². The van der Waals surface area contributed by atoms with Gasteiger partial charge in [-0.25, -0.2) is 9.78 Å². The molecule has 1 aromatic heterocycles. The number of urea groups is 1. The van der Waals surface area contributed by atoms with Crippen molar-refractivity contribution in [2.75, 3.05) is 14.2 Å². The third-order valence-corrected chi connectivity index (χ3v) is 4.79. The molecule has 3 rings (SSSR count). The molecule has 0 aliphatic carbocycles. The molecule has 1 heterocycles. The maximum Gasteiger partial charge on any atom is 0.315 e. The van der Waals surface area contributed by atoms with Crippen molar-refractivity contribution in [2.24, 2.45) is 0 Å². The minimum atomic E-state index is -0.256. The SMILES string of the molecule is COc1ccc(OC)c([C@@H](C)NC(=O)N[C@@H](C)c2ccc(-n3ccnc3)cc2)c1. The number of nitrogens with one attached hydrogen (secondary N) is 2. The normalized spacial score (nSPS) is 12.7. The van der Waals surface area contributed by atoms with E-state index in [-0.39, 0.29) is 18.1 Å². The van der Waals surface area contributed by atoms with Gasteiger partial charge in [0.15, 0.2) is 0 Å². The molecule has 2 aromatic carbocycles. The van der Waals surface area contributed by atoms with Gasteiger partial charge in [-0.2, -0.15) is 0 Å². The molecule has 0 unspecified atom stereocenters. The third-order valence-electron chi connectivity index (χ3n) is 4.79. The van der Waals surface area contributed by atoms with E-state index in [1.54, 1.807) is 26.7 Å². The Balaban J connectivity index is 1.63. The number of carbonyl (C=O) groups is 1. The Hall–Kier alpha value is -3.48. The van der Waals surface area contributed by atoms with Crippen LogP contribution in [0.2, 0.25) is 0 Å². The second-order valence-corrected chi connectivity index (χ2v) is 6.73. The molecule has 0 spiro atoms. The number of rotatable bonds is 7. The summed E-state index contributed by atoms with van der Waals surface area (Å²) in [5, 5.41) is 5.93. The molecular formula is C22H26N4O3. The number of carbonyl (C=O) groups excluding carboxylic acids is 1. The highest BCUT2D eigenvalue weighted by Gasteiger charge is 2.17. The zero-order chi connectivity index (χ0) is 20.8. The summed E-state index contributed by atoms with van der Waals surface area (Å²) < 4.78 is 12.6. The minimum Gasteiger partial charge on any atom is -0.497 e. The van der Waals surface area contributed by atoms with Crippen molar-refractivity contribution >= 4 is 6.03 Å². The van der Waals surface area contributed by atoms with Gasteiger partial charge in [-0.15, -0.1) is 0 Å². The van der Waals surface area contributed by atoms with Gasteiger partial charge < -0.3 is 24.7 Å². The number of methoxy groups -OCH3 is 2. The molecule has 2 amide bonds. The second-order valence-electron chi connectivity index (χ2n) is 6.73. The topological polar surface area (TPSA) is 77.4 Å². The lowest BCUT2D eigenvalue weighted by atomic mass is 10.1. The van der Waals surface area contributed by atoms with Gasteiger partial charge in [0.05, 0.1) is 32.6 Å².